The summed E-state index contributed by atoms with van der Waals surface area (Å²) >= 11 is 0. The van der Waals surface area contributed by atoms with Gasteiger partial charge in [-0.05, 0) is 79.0 Å². The Morgan fingerprint density at radius 3 is 2.05 bits per heavy atom. The Kier molecular flexibility index (Phi) is 10.0. The molecule has 1 amide bonds. The first-order valence-corrected chi connectivity index (χ1v) is 14.2. The van der Waals surface area contributed by atoms with Crippen LogP contribution in [0.2, 0.25) is 0 Å². The van der Waals surface area contributed by atoms with Crippen molar-refractivity contribution in [3.63, 3.8) is 0 Å². The van der Waals surface area contributed by atoms with Crippen molar-refractivity contribution in [3.8, 4) is 0 Å². The van der Waals surface area contributed by atoms with Crippen LogP contribution in [0.25, 0.3) is 0 Å². The molecule has 0 bridgehead atoms. The van der Waals surface area contributed by atoms with Gasteiger partial charge in [-0.2, -0.15) is 0 Å². The number of piperidine rings is 1. The highest BCUT2D eigenvalue weighted by atomic mass is 19.1. The van der Waals surface area contributed by atoms with Gasteiger partial charge in [-0.15, -0.1) is 0 Å². The summed E-state index contributed by atoms with van der Waals surface area (Å²) in [7, 11) is 0. The third-order valence-corrected chi connectivity index (χ3v) is 8.35. The molecule has 5 heteroatoms. The van der Waals surface area contributed by atoms with E-state index in [0.29, 0.717) is 51.1 Å². The Bertz CT molecular complexity index is 1200. The molecule has 0 aromatic heterocycles. The second-order valence-corrected chi connectivity index (χ2v) is 10.9. The summed E-state index contributed by atoms with van der Waals surface area (Å²) < 4.78 is 26.4. The fourth-order valence-corrected chi connectivity index (χ4v) is 5.79. The van der Waals surface area contributed by atoms with Crippen molar-refractivity contribution < 1.29 is 18.4 Å². The molecule has 0 N–H and O–H groups in total. The Labute approximate surface area is 231 Å². The fraction of sp³-hybridized carbons (Fsp3) is 0.412. The molecule has 1 aliphatic rings. The third kappa shape index (κ3) is 7.62. The van der Waals surface area contributed by atoms with E-state index in [1.165, 1.54) is 24.3 Å². The van der Waals surface area contributed by atoms with Crippen molar-refractivity contribution in [2.75, 3.05) is 13.1 Å². The average Bonchev–Trinajstić information content (AvgIpc) is 2.97. The standard InChI is InChI=1S/C34H39F2NO2/c1-26(28-15-19-31(36)20-16-28)8-4-2-7-11-32(38)34(29-9-5-3-6-10-29)22-24-37(25-23-34)33(39)21-14-27-12-17-30(35)18-13-27/h3,5-6,9-10,12-13,15-20,26H,2,4,7-8,11,14,21-25H2,1H3. The van der Waals surface area contributed by atoms with Crippen molar-refractivity contribution in [2.45, 2.75) is 76.0 Å². The minimum absolute atomic E-state index is 0.0868. The molecule has 1 aliphatic heterocycles. The zero-order valence-electron chi connectivity index (χ0n) is 22.9. The number of hydrogen-bond acceptors (Lipinski definition) is 2. The maximum atomic E-state index is 13.7. The lowest BCUT2D eigenvalue weighted by Crippen LogP contribution is -2.49. The summed E-state index contributed by atoms with van der Waals surface area (Å²) in [5.74, 6) is 0.240. The van der Waals surface area contributed by atoms with Gasteiger partial charge in [-0.25, -0.2) is 8.78 Å². The highest BCUT2D eigenvalue weighted by Gasteiger charge is 2.42. The molecule has 3 aromatic rings. The van der Waals surface area contributed by atoms with E-state index in [1.54, 1.807) is 12.1 Å². The summed E-state index contributed by atoms with van der Waals surface area (Å²) in [6, 6.07) is 23.1. The van der Waals surface area contributed by atoms with Crippen LogP contribution in [0, 0.1) is 11.6 Å². The summed E-state index contributed by atoms with van der Waals surface area (Å²) in [6.45, 7) is 3.30. The normalized spacial score (nSPS) is 15.6. The molecule has 39 heavy (non-hydrogen) atoms. The molecule has 0 spiro atoms. The smallest absolute Gasteiger partial charge is 0.222 e. The number of carbonyl (C=O) groups excluding carboxylic acids is 2. The molecule has 1 fully saturated rings. The maximum Gasteiger partial charge on any atom is 0.222 e. The van der Waals surface area contributed by atoms with E-state index in [4.69, 9.17) is 0 Å². The lowest BCUT2D eigenvalue weighted by atomic mass is 9.68. The number of ketones is 1. The SMILES string of the molecule is CC(CCCCCC(=O)C1(c2ccccc2)CCN(C(=O)CCc2ccc(F)cc2)CC1)c1ccc(F)cc1. The van der Waals surface area contributed by atoms with Crippen molar-refractivity contribution in [1.29, 1.82) is 0 Å². The average molecular weight is 532 g/mol. The van der Waals surface area contributed by atoms with Crippen LogP contribution >= 0.6 is 0 Å². The number of amides is 1. The maximum absolute atomic E-state index is 13.7. The summed E-state index contributed by atoms with van der Waals surface area (Å²) in [5.41, 5.74) is 2.60. The molecule has 206 valence electrons. The van der Waals surface area contributed by atoms with Crippen LogP contribution in [0.5, 0.6) is 0 Å². The van der Waals surface area contributed by atoms with E-state index < -0.39 is 5.41 Å². The van der Waals surface area contributed by atoms with Crippen molar-refractivity contribution >= 4 is 11.7 Å². The van der Waals surface area contributed by atoms with Gasteiger partial charge in [0.25, 0.3) is 0 Å². The molecule has 3 aromatic carbocycles. The number of hydrogen-bond donors (Lipinski definition) is 0. The first-order chi connectivity index (χ1) is 18.9. The number of likely N-dealkylation sites (tertiary alicyclic amines) is 1. The van der Waals surface area contributed by atoms with E-state index in [0.717, 1.165) is 42.4 Å². The highest BCUT2D eigenvalue weighted by Crippen LogP contribution is 2.38. The minimum atomic E-state index is -0.545. The first-order valence-electron chi connectivity index (χ1n) is 14.2. The van der Waals surface area contributed by atoms with Gasteiger partial charge in [-0.1, -0.05) is 74.4 Å². The number of benzene rings is 3. The molecular formula is C34H39F2NO2. The number of unbranched alkanes of at least 4 members (excludes halogenated alkanes) is 2. The van der Waals surface area contributed by atoms with Crippen LogP contribution in [0.15, 0.2) is 78.9 Å². The number of carbonyl (C=O) groups is 2. The van der Waals surface area contributed by atoms with E-state index in [-0.39, 0.29) is 23.3 Å². The van der Waals surface area contributed by atoms with Crippen molar-refractivity contribution in [1.82, 2.24) is 4.90 Å². The molecule has 3 nitrogen and oxygen atoms in total. The van der Waals surface area contributed by atoms with Crippen LogP contribution in [0.4, 0.5) is 8.78 Å². The zero-order chi connectivity index (χ0) is 27.7. The number of aryl methyl sites for hydroxylation is 1. The third-order valence-electron chi connectivity index (χ3n) is 8.35. The van der Waals surface area contributed by atoms with E-state index in [2.05, 4.69) is 6.92 Å². The van der Waals surface area contributed by atoms with Crippen molar-refractivity contribution in [2.24, 2.45) is 0 Å². The van der Waals surface area contributed by atoms with Gasteiger partial charge in [0.2, 0.25) is 5.91 Å². The van der Waals surface area contributed by atoms with Crippen molar-refractivity contribution in [3.05, 3.63) is 107 Å². The Morgan fingerprint density at radius 2 is 1.41 bits per heavy atom. The lowest BCUT2D eigenvalue weighted by Gasteiger charge is -2.41. The van der Waals surface area contributed by atoms with Gasteiger partial charge >= 0.3 is 0 Å². The number of rotatable bonds is 12. The Balaban J connectivity index is 1.28. The molecule has 0 saturated carbocycles. The zero-order valence-corrected chi connectivity index (χ0v) is 22.9. The topological polar surface area (TPSA) is 37.4 Å². The Hall–Kier alpha value is -3.34. The van der Waals surface area contributed by atoms with Crippen LogP contribution < -0.4 is 0 Å². The second-order valence-electron chi connectivity index (χ2n) is 10.9. The lowest BCUT2D eigenvalue weighted by molar-refractivity contribution is -0.136. The van der Waals surface area contributed by atoms with Crippen LogP contribution in [0.1, 0.15) is 80.9 Å². The summed E-state index contributed by atoms with van der Waals surface area (Å²) in [6.07, 6.45) is 6.66. The molecule has 4 rings (SSSR count). The molecule has 0 radical (unpaired) electrons. The van der Waals surface area contributed by atoms with Gasteiger partial charge in [-0.3, -0.25) is 9.59 Å². The van der Waals surface area contributed by atoms with Gasteiger partial charge in [0.05, 0.1) is 5.41 Å². The van der Waals surface area contributed by atoms with Gasteiger partial charge in [0, 0.05) is 25.9 Å². The molecule has 0 aliphatic carbocycles. The van der Waals surface area contributed by atoms with E-state index in [1.807, 2.05) is 47.4 Å². The summed E-state index contributed by atoms with van der Waals surface area (Å²) in [5, 5.41) is 0. The number of halogens is 2. The predicted molar refractivity (Wildman–Crippen MR) is 152 cm³/mol. The second kappa shape index (κ2) is 13.6. The van der Waals surface area contributed by atoms with Gasteiger partial charge in [0.15, 0.2) is 0 Å². The molecule has 1 heterocycles. The Morgan fingerprint density at radius 1 is 0.795 bits per heavy atom. The van der Waals surface area contributed by atoms with Crippen LogP contribution in [0.3, 0.4) is 0 Å². The molecular weight excluding hydrogens is 492 g/mol. The van der Waals surface area contributed by atoms with Crippen LogP contribution in [-0.2, 0) is 21.4 Å². The van der Waals surface area contributed by atoms with Crippen LogP contribution in [-0.4, -0.2) is 29.7 Å². The number of Topliss-reactive ketones (excluding diaryl/α,β-unsaturated/α-hetero) is 1. The van der Waals surface area contributed by atoms with E-state index in [9.17, 15) is 18.4 Å². The predicted octanol–water partition coefficient (Wildman–Crippen LogP) is 7.78. The molecule has 1 unspecified atom stereocenters. The monoisotopic (exact) mass is 531 g/mol. The van der Waals surface area contributed by atoms with Gasteiger partial charge in [0.1, 0.15) is 17.4 Å². The number of nitrogens with zero attached hydrogens (tertiary/aromatic N) is 1. The minimum Gasteiger partial charge on any atom is -0.343 e. The highest BCUT2D eigenvalue weighted by molar-refractivity contribution is 5.90. The fourth-order valence-electron chi connectivity index (χ4n) is 5.79. The van der Waals surface area contributed by atoms with Gasteiger partial charge < -0.3 is 4.90 Å². The quantitative estimate of drug-likeness (QED) is 0.224. The molecule has 1 saturated heterocycles. The summed E-state index contributed by atoms with van der Waals surface area (Å²) in [4.78, 5) is 28.5. The largest absolute Gasteiger partial charge is 0.343 e. The van der Waals surface area contributed by atoms with E-state index >= 15 is 0 Å². The first kappa shape index (κ1) is 28.7. The molecule has 1 atom stereocenters.